The second-order valence-electron chi connectivity index (χ2n) is 8.15. The van der Waals surface area contributed by atoms with Crippen LogP contribution in [0.2, 0.25) is 0 Å². The summed E-state index contributed by atoms with van der Waals surface area (Å²) in [6.07, 6.45) is 3.76. The molecule has 2 aromatic rings. The van der Waals surface area contributed by atoms with E-state index in [0.29, 0.717) is 25.2 Å². The molecule has 2 aromatic carbocycles. The van der Waals surface area contributed by atoms with Gasteiger partial charge in [-0.15, -0.1) is 0 Å². The van der Waals surface area contributed by atoms with Gasteiger partial charge < -0.3 is 10.2 Å². The van der Waals surface area contributed by atoms with E-state index in [0.717, 1.165) is 24.0 Å². The molecule has 3 rings (SSSR count). The van der Waals surface area contributed by atoms with Crippen LogP contribution in [0, 0.1) is 0 Å². The van der Waals surface area contributed by atoms with E-state index in [1.807, 2.05) is 60.7 Å². The Labute approximate surface area is 169 Å². The Morgan fingerprint density at radius 3 is 1.43 bits per heavy atom. The van der Waals surface area contributed by atoms with E-state index in [1.165, 1.54) is 12.8 Å². The van der Waals surface area contributed by atoms with E-state index >= 15 is 0 Å². The second kappa shape index (κ2) is 10.2. The number of aliphatic hydroxyl groups excluding tert-OH is 2. The maximum Gasteiger partial charge on any atom is 0.0916 e. The van der Waals surface area contributed by atoms with Crippen LogP contribution in [0.1, 0.15) is 49.0 Å². The summed E-state index contributed by atoms with van der Waals surface area (Å²) in [5.74, 6) is 0. The summed E-state index contributed by atoms with van der Waals surface area (Å²) in [7, 11) is 4.24. The summed E-state index contributed by atoms with van der Waals surface area (Å²) >= 11 is 0. The molecule has 4 nitrogen and oxygen atoms in total. The molecule has 4 heteroatoms. The standard InChI is InChI=1S/C24H34N2O2/c1-25(17-23(27)19-11-5-3-6-12-19)21-15-9-10-16-22(21)26(2)18-24(28)20-13-7-4-8-14-20/h3-8,11-14,21-24,27-28H,9-10,15-18H2,1-2H3/t21-,22-,23+,24+/m1/s1. The Morgan fingerprint density at radius 1 is 0.714 bits per heavy atom. The quantitative estimate of drug-likeness (QED) is 0.732. The first kappa shape index (κ1) is 21.0. The molecule has 0 bridgehead atoms. The second-order valence-corrected chi connectivity index (χ2v) is 8.15. The fourth-order valence-corrected chi connectivity index (χ4v) is 4.50. The fourth-order valence-electron chi connectivity index (χ4n) is 4.50. The van der Waals surface area contributed by atoms with E-state index in [2.05, 4.69) is 23.9 Å². The van der Waals surface area contributed by atoms with E-state index in [-0.39, 0.29) is 0 Å². The van der Waals surface area contributed by atoms with Crippen molar-refractivity contribution < 1.29 is 10.2 Å². The number of hydrogen-bond acceptors (Lipinski definition) is 4. The predicted molar refractivity (Wildman–Crippen MR) is 114 cm³/mol. The summed E-state index contributed by atoms with van der Waals surface area (Å²) in [6.45, 7) is 1.25. The zero-order chi connectivity index (χ0) is 19.9. The van der Waals surface area contributed by atoms with Gasteiger partial charge in [0.1, 0.15) is 0 Å². The van der Waals surface area contributed by atoms with Gasteiger partial charge in [-0.25, -0.2) is 0 Å². The van der Waals surface area contributed by atoms with Crippen molar-refractivity contribution in [2.24, 2.45) is 0 Å². The average Bonchev–Trinajstić information content (AvgIpc) is 2.74. The Hall–Kier alpha value is -1.72. The molecule has 28 heavy (non-hydrogen) atoms. The molecular weight excluding hydrogens is 348 g/mol. The molecule has 1 saturated carbocycles. The van der Waals surface area contributed by atoms with Crippen LogP contribution in [0.4, 0.5) is 0 Å². The number of benzene rings is 2. The molecule has 0 heterocycles. The van der Waals surface area contributed by atoms with Crippen LogP contribution >= 0.6 is 0 Å². The highest BCUT2D eigenvalue weighted by molar-refractivity contribution is 5.18. The number of hydrogen-bond donors (Lipinski definition) is 2. The molecule has 1 aliphatic carbocycles. The Kier molecular flexibility index (Phi) is 7.63. The first-order valence-corrected chi connectivity index (χ1v) is 10.4. The molecular formula is C24H34N2O2. The van der Waals surface area contributed by atoms with Crippen molar-refractivity contribution in [1.82, 2.24) is 9.80 Å². The monoisotopic (exact) mass is 382 g/mol. The van der Waals surface area contributed by atoms with Crippen molar-refractivity contribution in [2.75, 3.05) is 27.2 Å². The third-order valence-electron chi connectivity index (χ3n) is 6.12. The van der Waals surface area contributed by atoms with Gasteiger partial charge in [-0.2, -0.15) is 0 Å². The van der Waals surface area contributed by atoms with Gasteiger partial charge in [0.05, 0.1) is 12.2 Å². The van der Waals surface area contributed by atoms with Crippen molar-refractivity contribution in [3.05, 3.63) is 71.8 Å². The first-order valence-electron chi connectivity index (χ1n) is 10.4. The Morgan fingerprint density at radius 2 is 1.07 bits per heavy atom. The highest BCUT2D eigenvalue weighted by Crippen LogP contribution is 2.28. The van der Waals surface area contributed by atoms with Gasteiger partial charge in [-0.3, -0.25) is 9.80 Å². The molecule has 0 unspecified atom stereocenters. The number of likely N-dealkylation sites (N-methyl/N-ethyl adjacent to an activating group) is 2. The summed E-state index contributed by atoms with van der Waals surface area (Å²) in [5, 5.41) is 21.3. The minimum Gasteiger partial charge on any atom is -0.387 e. The summed E-state index contributed by atoms with van der Waals surface area (Å²) < 4.78 is 0. The molecule has 0 aromatic heterocycles. The topological polar surface area (TPSA) is 46.9 Å². The lowest BCUT2D eigenvalue weighted by atomic mass is 9.87. The molecule has 0 spiro atoms. The molecule has 0 aliphatic heterocycles. The van der Waals surface area contributed by atoms with E-state index in [9.17, 15) is 10.2 Å². The van der Waals surface area contributed by atoms with Crippen LogP contribution in [0.25, 0.3) is 0 Å². The molecule has 1 fully saturated rings. The van der Waals surface area contributed by atoms with Crippen molar-refractivity contribution in [3.8, 4) is 0 Å². The maximum atomic E-state index is 10.6. The average molecular weight is 383 g/mol. The van der Waals surface area contributed by atoms with Crippen LogP contribution in [0.3, 0.4) is 0 Å². The number of nitrogens with zero attached hydrogens (tertiary/aromatic N) is 2. The van der Waals surface area contributed by atoms with Crippen LogP contribution in [0.15, 0.2) is 60.7 Å². The molecule has 0 saturated heterocycles. The maximum absolute atomic E-state index is 10.6. The smallest absolute Gasteiger partial charge is 0.0916 e. The zero-order valence-corrected chi connectivity index (χ0v) is 17.1. The molecule has 0 radical (unpaired) electrons. The van der Waals surface area contributed by atoms with Gasteiger partial charge >= 0.3 is 0 Å². The summed E-state index contributed by atoms with van der Waals surface area (Å²) in [4.78, 5) is 4.62. The minimum atomic E-state index is -0.478. The Balaban J connectivity index is 1.62. The molecule has 2 N–H and O–H groups in total. The molecule has 0 amide bonds. The van der Waals surface area contributed by atoms with Gasteiger partial charge in [0.15, 0.2) is 0 Å². The van der Waals surface area contributed by atoms with Gasteiger partial charge in [-0.05, 0) is 38.1 Å². The third-order valence-corrected chi connectivity index (χ3v) is 6.12. The molecule has 1 aliphatic rings. The van der Waals surface area contributed by atoms with Crippen molar-refractivity contribution in [1.29, 1.82) is 0 Å². The lowest BCUT2D eigenvalue weighted by Crippen LogP contribution is -2.52. The Bertz CT molecular complexity index is 633. The van der Waals surface area contributed by atoms with Crippen LogP contribution in [0.5, 0.6) is 0 Å². The molecule has 4 atom stereocenters. The van der Waals surface area contributed by atoms with Crippen molar-refractivity contribution in [3.63, 3.8) is 0 Å². The highest BCUT2D eigenvalue weighted by Gasteiger charge is 2.32. The van der Waals surface area contributed by atoms with Crippen molar-refractivity contribution >= 4 is 0 Å². The predicted octanol–water partition coefficient (Wildman–Crippen LogP) is 3.63. The zero-order valence-electron chi connectivity index (χ0n) is 17.1. The minimum absolute atomic E-state index is 0.389. The first-order chi connectivity index (χ1) is 13.6. The SMILES string of the molecule is CN(C[C@H](O)c1ccccc1)[C@@H]1CCCC[C@H]1N(C)C[C@H](O)c1ccccc1. The van der Waals surface area contributed by atoms with Gasteiger partial charge in [-0.1, -0.05) is 73.5 Å². The normalized spacial score (nSPS) is 22.4. The van der Waals surface area contributed by atoms with Crippen molar-refractivity contribution in [2.45, 2.75) is 50.0 Å². The van der Waals surface area contributed by atoms with E-state index in [1.54, 1.807) is 0 Å². The summed E-state index contributed by atoms with van der Waals surface area (Å²) in [5.41, 5.74) is 1.93. The fraction of sp³-hybridized carbons (Fsp3) is 0.500. The van der Waals surface area contributed by atoms with Crippen LogP contribution in [-0.4, -0.2) is 59.3 Å². The van der Waals surface area contributed by atoms with Gasteiger partial charge in [0.2, 0.25) is 0 Å². The lowest BCUT2D eigenvalue weighted by Gasteiger charge is -2.43. The highest BCUT2D eigenvalue weighted by atomic mass is 16.3. The number of rotatable bonds is 8. The van der Waals surface area contributed by atoms with Crippen LogP contribution < -0.4 is 0 Å². The van der Waals surface area contributed by atoms with E-state index in [4.69, 9.17) is 0 Å². The van der Waals surface area contributed by atoms with Crippen LogP contribution in [-0.2, 0) is 0 Å². The van der Waals surface area contributed by atoms with Gasteiger partial charge in [0, 0.05) is 25.2 Å². The van der Waals surface area contributed by atoms with E-state index < -0.39 is 12.2 Å². The molecule has 152 valence electrons. The largest absolute Gasteiger partial charge is 0.387 e. The lowest BCUT2D eigenvalue weighted by molar-refractivity contribution is 0.0239. The number of aliphatic hydroxyl groups is 2. The summed E-state index contributed by atoms with van der Waals surface area (Å²) in [6, 6.07) is 20.6. The van der Waals surface area contributed by atoms with Gasteiger partial charge in [0.25, 0.3) is 0 Å². The third kappa shape index (κ3) is 5.42.